The molecule has 0 bridgehead atoms. The fourth-order valence-corrected chi connectivity index (χ4v) is 2.78. The Hall–Kier alpha value is -2.49. The molecule has 1 heterocycles. The Morgan fingerprint density at radius 1 is 0.926 bits per heavy atom. The van der Waals surface area contributed by atoms with E-state index in [1.54, 1.807) is 0 Å². The highest BCUT2D eigenvalue weighted by Crippen LogP contribution is 2.28. The van der Waals surface area contributed by atoms with Crippen molar-refractivity contribution >= 4 is 29.6 Å². The van der Waals surface area contributed by atoms with Gasteiger partial charge in [-0.2, -0.15) is 0 Å². The number of hydrogen-bond acceptors (Lipinski definition) is 9. The van der Waals surface area contributed by atoms with Gasteiger partial charge < -0.3 is 24.3 Å². The first-order valence-corrected chi connectivity index (χ1v) is 7.97. The van der Waals surface area contributed by atoms with Gasteiger partial charge in [-0.25, -0.2) is 0 Å². The zero-order valence-corrected chi connectivity index (χ0v) is 15.1. The fourth-order valence-electron chi connectivity index (χ4n) is 2.78. The first-order chi connectivity index (χ1) is 14.1. The first kappa shape index (κ1) is 17.9. The van der Waals surface area contributed by atoms with Gasteiger partial charge >= 0.3 is 17.9 Å². The van der Waals surface area contributed by atoms with Crippen LogP contribution in [0.15, 0.2) is 0 Å². The third-order valence-electron chi connectivity index (χ3n) is 3.60. The number of ether oxygens (including phenoxy) is 4. The molecule has 152 valence electrons. The van der Waals surface area contributed by atoms with Gasteiger partial charge in [0.15, 0.2) is 12.2 Å². The summed E-state index contributed by atoms with van der Waals surface area (Å²) in [6.07, 6.45) is -5.23. The molecule has 1 amide bonds. The number of nitrogens with one attached hydrogen (secondary N) is 1. The Balaban J connectivity index is 3.34. The average Bonchev–Trinajstić information content (AvgIpc) is 2.69. The molecule has 0 saturated carbocycles. The molecule has 10 nitrogen and oxygen atoms in total. The molecule has 1 aliphatic rings. The third kappa shape index (κ3) is 7.33. The molecule has 0 aromatic rings. The van der Waals surface area contributed by atoms with Crippen LogP contribution >= 0.6 is 0 Å². The van der Waals surface area contributed by atoms with E-state index in [-0.39, 0.29) is 12.2 Å². The number of carbonyl (C=O) groups excluding carboxylic acids is 5. The molecule has 0 aromatic carbocycles. The Kier molecular flexibility index (Phi) is 6.63. The number of rotatable bonds is 7. The summed E-state index contributed by atoms with van der Waals surface area (Å²) in [5.41, 5.74) is 0. The van der Waals surface area contributed by atoms with Crippen LogP contribution in [0.2, 0.25) is 0 Å². The second-order valence-corrected chi connectivity index (χ2v) is 5.94. The van der Waals surface area contributed by atoms with E-state index in [1.165, 1.54) is 13.8 Å². The predicted molar refractivity (Wildman–Crippen MR) is 89.3 cm³/mol. The quantitative estimate of drug-likeness (QED) is 0.458. The molecule has 0 spiro atoms. The summed E-state index contributed by atoms with van der Waals surface area (Å²) in [6.45, 7) is -0.243. The molecule has 1 aliphatic heterocycles. The molecule has 0 radical (unpaired) electrons. The van der Waals surface area contributed by atoms with E-state index < -0.39 is 81.6 Å². The number of amides is 1. The van der Waals surface area contributed by atoms with Gasteiger partial charge in [-0.05, 0) is 6.92 Å². The molecule has 10 heteroatoms. The average molecular weight is 390 g/mol. The van der Waals surface area contributed by atoms with Crippen molar-refractivity contribution in [2.45, 2.75) is 71.4 Å². The lowest BCUT2D eigenvalue weighted by Gasteiger charge is -2.45. The maximum absolute atomic E-state index is 11.8. The summed E-state index contributed by atoms with van der Waals surface area (Å²) >= 11 is 0. The van der Waals surface area contributed by atoms with E-state index in [2.05, 4.69) is 5.32 Å². The van der Waals surface area contributed by atoms with Crippen molar-refractivity contribution in [1.29, 1.82) is 0 Å². The van der Waals surface area contributed by atoms with E-state index in [0.29, 0.717) is 0 Å². The van der Waals surface area contributed by atoms with Crippen LogP contribution in [-0.4, -0.2) is 66.7 Å². The van der Waals surface area contributed by atoms with Crippen LogP contribution < -0.4 is 5.32 Å². The summed E-state index contributed by atoms with van der Waals surface area (Å²) < 4.78 is 42.4. The Bertz CT molecular complexity index is 660. The summed E-state index contributed by atoms with van der Waals surface area (Å²) in [4.78, 5) is 58.4. The predicted octanol–water partition coefficient (Wildman–Crippen LogP) is -0.336. The minimum absolute atomic E-state index is 0.206. The topological polar surface area (TPSA) is 134 Å². The smallest absolute Gasteiger partial charge is 0.303 e. The Labute approximate surface area is 161 Å². The van der Waals surface area contributed by atoms with Crippen molar-refractivity contribution in [3.05, 3.63) is 0 Å². The summed E-state index contributed by atoms with van der Waals surface area (Å²) in [5.74, 6) is -3.75. The SMILES string of the molecule is [2H]CC(=O)OC[C@H]1OC(CC(C)=O)[C@H](NC(C)=O)[C@@H](OC(=O)C[2H])[C@@H]1OC(=O)C[2H]. The van der Waals surface area contributed by atoms with Crippen LogP contribution in [0.3, 0.4) is 0 Å². The van der Waals surface area contributed by atoms with Crippen LogP contribution in [0.25, 0.3) is 0 Å². The van der Waals surface area contributed by atoms with Crippen LogP contribution in [0.4, 0.5) is 0 Å². The number of esters is 3. The minimum Gasteiger partial charge on any atom is -0.463 e. The molecular formula is C17H25NO9. The normalized spacial score (nSPS) is 28.7. The molecule has 1 saturated heterocycles. The Morgan fingerprint density at radius 2 is 1.52 bits per heavy atom. The van der Waals surface area contributed by atoms with Gasteiger partial charge in [0.2, 0.25) is 5.91 Å². The van der Waals surface area contributed by atoms with Crippen molar-refractivity contribution in [2.75, 3.05) is 6.61 Å². The molecule has 1 N–H and O–H groups in total. The summed E-state index contributed by atoms with van der Waals surface area (Å²) in [5, 5.41) is 2.50. The van der Waals surface area contributed by atoms with Gasteiger partial charge in [0.25, 0.3) is 0 Å². The van der Waals surface area contributed by atoms with Crippen molar-refractivity contribution in [3.63, 3.8) is 0 Å². The van der Waals surface area contributed by atoms with E-state index in [9.17, 15) is 24.0 Å². The van der Waals surface area contributed by atoms with E-state index >= 15 is 0 Å². The Morgan fingerprint density at radius 3 is 2.04 bits per heavy atom. The van der Waals surface area contributed by atoms with Gasteiger partial charge in [0.1, 0.15) is 18.5 Å². The lowest BCUT2D eigenvalue weighted by atomic mass is 9.89. The molecular weight excluding hydrogens is 362 g/mol. The van der Waals surface area contributed by atoms with Gasteiger partial charge in [0, 0.05) is 38.2 Å². The largest absolute Gasteiger partial charge is 0.463 e. The fraction of sp³-hybridized carbons (Fsp3) is 0.706. The van der Waals surface area contributed by atoms with Crippen molar-refractivity contribution in [3.8, 4) is 0 Å². The minimum atomic E-state index is -1.41. The van der Waals surface area contributed by atoms with Gasteiger partial charge in [0.05, 0.1) is 12.1 Å². The van der Waals surface area contributed by atoms with Crippen molar-refractivity contribution in [2.24, 2.45) is 0 Å². The maximum Gasteiger partial charge on any atom is 0.303 e. The number of Topliss-reactive ketones (excluding diaryl/α,β-unsaturated/α-hetero) is 1. The van der Waals surface area contributed by atoms with Gasteiger partial charge in [-0.3, -0.25) is 24.0 Å². The van der Waals surface area contributed by atoms with Crippen LogP contribution in [0.5, 0.6) is 0 Å². The number of carbonyl (C=O) groups is 5. The third-order valence-corrected chi connectivity index (χ3v) is 3.60. The van der Waals surface area contributed by atoms with Crippen LogP contribution in [0.1, 0.15) is 45.1 Å². The second kappa shape index (κ2) is 10.0. The lowest BCUT2D eigenvalue weighted by molar-refractivity contribution is -0.224. The monoisotopic (exact) mass is 390 g/mol. The standard InChI is InChI=1S/C17H25NO9/c1-8(19)6-13-15(18-9(2)20)17(26-12(5)23)16(25-11(4)22)14(27-13)7-24-10(3)21/h13-17H,6-7H2,1-5H3,(H,18,20)/t13?,14-,15+,16-,17-/m1/s1/i3D,4D,5D. The van der Waals surface area contributed by atoms with Crippen LogP contribution in [-0.2, 0) is 42.9 Å². The van der Waals surface area contributed by atoms with Crippen LogP contribution in [0, 0.1) is 0 Å². The molecule has 27 heavy (non-hydrogen) atoms. The number of hydrogen-bond donors (Lipinski definition) is 1. The zero-order chi connectivity index (χ0) is 22.8. The summed E-state index contributed by atoms with van der Waals surface area (Å²) in [6, 6.07) is -1.12. The van der Waals surface area contributed by atoms with E-state index in [0.717, 1.165) is 0 Å². The van der Waals surface area contributed by atoms with Gasteiger partial charge in [-0.1, -0.05) is 0 Å². The maximum atomic E-state index is 11.8. The highest BCUT2D eigenvalue weighted by Gasteiger charge is 2.50. The number of ketones is 1. The molecule has 0 aromatic heterocycles. The molecule has 5 atom stereocenters. The van der Waals surface area contributed by atoms with E-state index in [4.69, 9.17) is 23.1 Å². The van der Waals surface area contributed by atoms with E-state index in [1.807, 2.05) is 0 Å². The highest BCUT2D eigenvalue weighted by atomic mass is 16.6. The second-order valence-electron chi connectivity index (χ2n) is 5.94. The van der Waals surface area contributed by atoms with Gasteiger partial charge in [-0.15, -0.1) is 0 Å². The summed E-state index contributed by atoms with van der Waals surface area (Å²) in [7, 11) is 0. The zero-order valence-electron chi connectivity index (χ0n) is 18.1. The first-order valence-electron chi connectivity index (χ1n) is 10.1. The molecule has 1 rings (SSSR count). The highest BCUT2D eigenvalue weighted by molar-refractivity contribution is 5.77. The molecule has 1 fully saturated rings. The molecule has 1 unspecified atom stereocenters. The van der Waals surface area contributed by atoms with Crippen molar-refractivity contribution < 1.29 is 47.0 Å². The lowest BCUT2D eigenvalue weighted by Crippen LogP contribution is -2.66. The molecule has 0 aliphatic carbocycles. The van der Waals surface area contributed by atoms with Crippen molar-refractivity contribution in [1.82, 2.24) is 5.32 Å².